The third kappa shape index (κ3) is 3.12. The average Bonchev–Trinajstić information content (AvgIpc) is 2.92. The minimum absolute atomic E-state index is 0.143. The summed E-state index contributed by atoms with van der Waals surface area (Å²) in [4.78, 5) is 0. The van der Waals surface area contributed by atoms with Crippen LogP contribution >= 0.6 is 11.8 Å². The molecule has 0 bridgehead atoms. The van der Waals surface area contributed by atoms with Crippen molar-refractivity contribution in [2.75, 3.05) is 5.84 Å². The summed E-state index contributed by atoms with van der Waals surface area (Å²) in [5.41, 5.74) is -0.143. The van der Waals surface area contributed by atoms with E-state index in [0.29, 0.717) is 22.7 Å². The number of nitrogen functional groups attached to an aromatic ring is 1. The molecule has 0 unspecified atom stereocenters. The van der Waals surface area contributed by atoms with E-state index in [-0.39, 0.29) is 11.3 Å². The van der Waals surface area contributed by atoms with Crippen LogP contribution in [0.25, 0.3) is 0 Å². The van der Waals surface area contributed by atoms with Gasteiger partial charge in [-0.05, 0) is 0 Å². The molecule has 2 N–H and O–H groups in total. The van der Waals surface area contributed by atoms with Crippen LogP contribution in [0.4, 0.5) is 0 Å². The molecular formula is C12H20N6OS. The van der Waals surface area contributed by atoms with Crippen LogP contribution in [0, 0.1) is 0 Å². The first kappa shape index (κ1) is 14.8. The predicted molar refractivity (Wildman–Crippen MR) is 76.8 cm³/mol. The zero-order valence-electron chi connectivity index (χ0n) is 12.4. The molecule has 0 aromatic carbocycles. The maximum atomic E-state index is 6.01. The van der Waals surface area contributed by atoms with E-state index in [9.17, 15) is 0 Å². The predicted octanol–water partition coefficient (Wildman–Crippen LogP) is 2.09. The van der Waals surface area contributed by atoms with E-state index in [1.807, 2.05) is 34.6 Å². The van der Waals surface area contributed by atoms with Crippen LogP contribution < -0.4 is 5.84 Å². The molecular weight excluding hydrogens is 276 g/mol. The Labute approximate surface area is 122 Å². The van der Waals surface area contributed by atoms with Gasteiger partial charge in [0.25, 0.3) is 0 Å². The first-order chi connectivity index (χ1) is 9.29. The highest BCUT2D eigenvalue weighted by Crippen LogP contribution is 2.25. The van der Waals surface area contributed by atoms with Gasteiger partial charge in [0.2, 0.25) is 16.9 Å². The van der Waals surface area contributed by atoms with Gasteiger partial charge < -0.3 is 10.3 Å². The van der Waals surface area contributed by atoms with Gasteiger partial charge in [-0.1, -0.05) is 46.4 Å². The molecule has 0 amide bonds. The van der Waals surface area contributed by atoms with Crippen LogP contribution in [0.15, 0.2) is 9.57 Å². The summed E-state index contributed by atoms with van der Waals surface area (Å²) in [5, 5.41) is 16.9. The van der Waals surface area contributed by atoms with Gasteiger partial charge in [-0.3, -0.25) is 0 Å². The van der Waals surface area contributed by atoms with Crippen LogP contribution in [0.3, 0.4) is 0 Å². The van der Waals surface area contributed by atoms with E-state index in [1.54, 1.807) is 0 Å². The third-order valence-corrected chi connectivity index (χ3v) is 3.56. The Morgan fingerprint density at radius 1 is 1.20 bits per heavy atom. The molecule has 20 heavy (non-hydrogen) atoms. The SMILES string of the molecule is CC(C)c1nnc(CSc2nnc(C(C)(C)C)n2N)o1. The molecule has 0 aliphatic rings. The minimum Gasteiger partial charge on any atom is -0.424 e. The van der Waals surface area contributed by atoms with E-state index >= 15 is 0 Å². The molecule has 110 valence electrons. The van der Waals surface area contributed by atoms with Crippen LogP contribution in [0.2, 0.25) is 0 Å². The first-order valence-electron chi connectivity index (χ1n) is 6.45. The van der Waals surface area contributed by atoms with Crippen molar-refractivity contribution >= 4 is 11.8 Å². The Morgan fingerprint density at radius 3 is 2.40 bits per heavy atom. The van der Waals surface area contributed by atoms with E-state index in [0.717, 1.165) is 5.82 Å². The van der Waals surface area contributed by atoms with Crippen molar-refractivity contribution in [3.8, 4) is 0 Å². The Balaban J connectivity index is 2.06. The number of nitrogens with two attached hydrogens (primary N) is 1. The fourth-order valence-electron chi connectivity index (χ4n) is 1.57. The lowest BCUT2D eigenvalue weighted by molar-refractivity contribution is 0.445. The van der Waals surface area contributed by atoms with Gasteiger partial charge in [0.1, 0.15) is 0 Å². The molecule has 2 aromatic rings. The van der Waals surface area contributed by atoms with Crippen LogP contribution in [0.5, 0.6) is 0 Å². The Kier molecular flexibility index (Phi) is 4.03. The van der Waals surface area contributed by atoms with Crippen molar-refractivity contribution < 1.29 is 4.42 Å². The van der Waals surface area contributed by atoms with E-state index in [1.165, 1.54) is 16.4 Å². The van der Waals surface area contributed by atoms with Gasteiger partial charge in [0.15, 0.2) is 5.82 Å². The fraction of sp³-hybridized carbons (Fsp3) is 0.667. The molecule has 0 fully saturated rings. The zero-order chi connectivity index (χ0) is 14.9. The molecule has 2 aromatic heterocycles. The topological polar surface area (TPSA) is 95.7 Å². The minimum atomic E-state index is -0.143. The summed E-state index contributed by atoms with van der Waals surface area (Å²) in [6.45, 7) is 10.2. The molecule has 2 rings (SSSR count). The lowest BCUT2D eigenvalue weighted by atomic mass is 9.96. The molecule has 0 saturated carbocycles. The van der Waals surface area contributed by atoms with Crippen molar-refractivity contribution in [3.05, 3.63) is 17.6 Å². The van der Waals surface area contributed by atoms with Gasteiger partial charge in [-0.15, -0.1) is 20.4 Å². The Morgan fingerprint density at radius 2 is 1.90 bits per heavy atom. The second-order valence-electron chi connectivity index (χ2n) is 5.90. The van der Waals surface area contributed by atoms with E-state index in [4.69, 9.17) is 10.3 Å². The summed E-state index contributed by atoms with van der Waals surface area (Å²) in [7, 11) is 0. The highest BCUT2D eigenvalue weighted by atomic mass is 32.2. The summed E-state index contributed by atoms with van der Waals surface area (Å²) >= 11 is 1.43. The van der Waals surface area contributed by atoms with E-state index in [2.05, 4.69) is 20.4 Å². The van der Waals surface area contributed by atoms with Gasteiger partial charge in [0.05, 0.1) is 5.75 Å². The van der Waals surface area contributed by atoms with Crippen molar-refractivity contribution in [1.29, 1.82) is 0 Å². The highest BCUT2D eigenvalue weighted by Gasteiger charge is 2.23. The normalized spacial score (nSPS) is 12.3. The maximum absolute atomic E-state index is 6.01. The largest absolute Gasteiger partial charge is 0.424 e. The van der Waals surface area contributed by atoms with Gasteiger partial charge in [-0.2, -0.15) is 0 Å². The van der Waals surface area contributed by atoms with Gasteiger partial charge in [-0.25, -0.2) is 4.68 Å². The number of hydrogen-bond acceptors (Lipinski definition) is 7. The molecule has 0 radical (unpaired) electrons. The van der Waals surface area contributed by atoms with Crippen LogP contribution in [-0.2, 0) is 11.2 Å². The Hall–Kier alpha value is -1.57. The van der Waals surface area contributed by atoms with Crippen molar-refractivity contribution in [2.24, 2.45) is 0 Å². The smallest absolute Gasteiger partial charge is 0.226 e. The second-order valence-corrected chi connectivity index (χ2v) is 6.85. The van der Waals surface area contributed by atoms with Crippen molar-refractivity contribution in [3.63, 3.8) is 0 Å². The van der Waals surface area contributed by atoms with Crippen LogP contribution in [0.1, 0.15) is 58.1 Å². The molecule has 8 heteroatoms. The van der Waals surface area contributed by atoms with Crippen molar-refractivity contribution in [1.82, 2.24) is 25.1 Å². The monoisotopic (exact) mass is 296 g/mol. The Bertz CT molecular complexity index is 583. The third-order valence-electron chi connectivity index (χ3n) is 2.64. The van der Waals surface area contributed by atoms with Gasteiger partial charge >= 0.3 is 0 Å². The highest BCUT2D eigenvalue weighted by molar-refractivity contribution is 7.98. The first-order valence-corrected chi connectivity index (χ1v) is 7.43. The summed E-state index contributed by atoms with van der Waals surface area (Å²) in [6.07, 6.45) is 0. The average molecular weight is 296 g/mol. The number of rotatable bonds is 4. The standard InChI is InChI=1S/C12H20N6OS/c1-7(2)9-15-14-8(19-9)6-20-11-17-16-10(18(11)13)12(3,4)5/h7H,6,13H2,1-5H3. The molecule has 0 saturated heterocycles. The molecule has 7 nitrogen and oxygen atoms in total. The summed E-state index contributed by atoms with van der Waals surface area (Å²) < 4.78 is 7.06. The van der Waals surface area contributed by atoms with Gasteiger partial charge in [0, 0.05) is 11.3 Å². The lowest BCUT2D eigenvalue weighted by Gasteiger charge is -2.16. The van der Waals surface area contributed by atoms with Crippen molar-refractivity contribution in [2.45, 2.75) is 56.9 Å². The van der Waals surface area contributed by atoms with Crippen LogP contribution in [-0.4, -0.2) is 25.1 Å². The number of nitrogens with zero attached hydrogens (tertiary/aromatic N) is 5. The number of aromatic nitrogens is 5. The summed E-state index contributed by atoms with van der Waals surface area (Å²) in [6, 6.07) is 0. The zero-order valence-corrected chi connectivity index (χ0v) is 13.2. The maximum Gasteiger partial charge on any atom is 0.226 e. The number of hydrogen-bond donors (Lipinski definition) is 1. The second kappa shape index (κ2) is 5.43. The molecule has 2 heterocycles. The lowest BCUT2D eigenvalue weighted by Crippen LogP contribution is -2.24. The molecule has 0 aliphatic carbocycles. The van der Waals surface area contributed by atoms with E-state index < -0.39 is 0 Å². The molecule has 0 spiro atoms. The summed E-state index contributed by atoms with van der Waals surface area (Å²) in [5.74, 6) is 8.72. The molecule has 0 aliphatic heterocycles. The quantitative estimate of drug-likeness (QED) is 0.681. The fourth-order valence-corrected chi connectivity index (χ4v) is 2.26. The number of thioether (sulfide) groups is 1. The molecule has 0 atom stereocenters.